The summed E-state index contributed by atoms with van der Waals surface area (Å²) in [4.78, 5) is 21.5. The number of Topliss-reactive ketones (excluding diaryl/α,β-unsaturated/α-hetero) is 1. The van der Waals surface area contributed by atoms with Crippen LogP contribution in [0.25, 0.3) is 22.6 Å². The summed E-state index contributed by atoms with van der Waals surface area (Å²) in [5.41, 5.74) is 6.86. The number of nitrogens with one attached hydrogen (secondary N) is 2. The highest BCUT2D eigenvalue weighted by Crippen LogP contribution is 2.34. The maximum Gasteiger partial charge on any atom is 0.178 e. The number of hydrogen-bond acceptors (Lipinski definition) is 9. The largest absolute Gasteiger partial charge is 0.379 e. The summed E-state index contributed by atoms with van der Waals surface area (Å²) < 4.78 is 16.0. The van der Waals surface area contributed by atoms with E-state index in [9.17, 15) is 4.79 Å². The Balaban J connectivity index is 0.000000176. The van der Waals surface area contributed by atoms with Gasteiger partial charge in [0.1, 0.15) is 3.70 Å². The van der Waals surface area contributed by atoms with Crippen molar-refractivity contribution in [2.45, 2.75) is 76.9 Å². The van der Waals surface area contributed by atoms with Gasteiger partial charge in [-0.15, -0.1) is 0 Å². The van der Waals surface area contributed by atoms with Gasteiger partial charge in [-0.05, 0) is 98.4 Å². The van der Waals surface area contributed by atoms with Gasteiger partial charge < -0.3 is 20.1 Å². The Hall–Kier alpha value is -3.04. The summed E-state index contributed by atoms with van der Waals surface area (Å²) in [6.45, 7) is 5.17. The average molecular weight is 832 g/mol. The van der Waals surface area contributed by atoms with Crippen LogP contribution in [-0.4, -0.2) is 73.5 Å². The van der Waals surface area contributed by atoms with Gasteiger partial charge in [0.25, 0.3) is 0 Å². The van der Waals surface area contributed by atoms with Crippen molar-refractivity contribution in [2.24, 2.45) is 5.92 Å². The van der Waals surface area contributed by atoms with Crippen LogP contribution in [0.15, 0.2) is 42.7 Å². The van der Waals surface area contributed by atoms with Crippen LogP contribution < -0.4 is 10.6 Å². The lowest BCUT2D eigenvalue weighted by atomic mass is 9.98. The minimum absolute atomic E-state index is 0.207. The number of aryl methyl sites for hydroxylation is 1. The normalized spacial score (nSPS) is 19.3. The molecule has 1 aromatic carbocycles. The number of halogens is 3. The van der Waals surface area contributed by atoms with Crippen LogP contribution in [0.2, 0.25) is 10.3 Å². The van der Waals surface area contributed by atoms with Gasteiger partial charge in [0, 0.05) is 56.0 Å². The number of aromatic nitrogens is 6. The Labute approximate surface area is 315 Å². The first kappa shape index (κ1) is 35.4. The van der Waals surface area contributed by atoms with E-state index in [2.05, 4.69) is 53.4 Å². The van der Waals surface area contributed by atoms with Gasteiger partial charge >= 0.3 is 0 Å². The lowest BCUT2D eigenvalue weighted by molar-refractivity contribution is 0.0246. The molecule has 1 saturated carbocycles. The Morgan fingerprint density at radius 2 is 1.44 bits per heavy atom. The van der Waals surface area contributed by atoms with E-state index in [0.717, 1.165) is 94.3 Å². The number of carbonyl (C=O) groups is 1. The molecule has 264 valence electrons. The second-order valence-electron chi connectivity index (χ2n) is 13.3. The molecule has 0 bridgehead atoms. The number of anilines is 2. The number of carbonyl (C=O) groups excluding carboxylic acids is 1. The molecule has 3 aliphatic rings. The maximum atomic E-state index is 12.6. The average Bonchev–Trinajstić information content (AvgIpc) is 3.72. The number of rotatable bonds is 10. The molecular weight excluding hydrogens is 790 g/mol. The van der Waals surface area contributed by atoms with Crippen LogP contribution in [-0.2, 0) is 9.47 Å². The van der Waals surface area contributed by atoms with E-state index in [4.69, 9.17) is 32.7 Å². The van der Waals surface area contributed by atoms with E-state index in [1.54, 1.807) is 27.5 Å². The molecule has 5 aromatic rings. The highest BCUT2D eigenvalue weighted by atomic mass is 127. The smallest absolute Gasteiger partial charge is 0.178 e. The highest BCUT2D eigenvalue weighted by molar-refractivity contribution is 14.1. The molecule has 14 heteroatoms. The van der Waals surface area contributed by atoms with Gasteiger partial charge in [-0.1, -0.05) is 35.3 Å². The summed E-state index contributed by atoms with van der Waals surface area (Å²) in [7, 11) is 0. The van der Waals surface area contributed by atoms with Crippen LogP contribution in [0.5, 0.6) is 0 Å². The molecule has 50 heavy (non-hydrogen) atoms. The Kier molecular flexibility index (Phi) is 11.4. The predicted molar refractivity (Wildman–Crippen MR) is 205 cm³/mol. The first-order valence-corrected chi connectivity index (χ1v) is 19.2. The van der Waals surface area contributed by atoms with Crippen LogP contribution in [0.3, 0.4) is 0 Å². The molecule has 2 saturated heterocycles. The number of ketones is 1. The molecule has 2 atom stereocenters. The van der Waals surface area contributed by atoms with E-state index < -0.39 is 0 Å². The van der Waals surface area contributed by atoms with E-state index in [0.29, 0.717) is 22.6 Å². The van der Waals surface area contributed by atoms with Crippen molar-refractivity contribution < 1.29 is 14.3 Å². The summed E-state index contributed by atoms with van der Waals surface area (Å²) in [5, 5.41) is 16.4. The summed E-state index contributed by atoms with van der Waals surface area (Å²) in [5.74, 6) is 0.823. The summed E-state index contributed by atoms with van der Waals surface area (Å²) in [6.07, 6.45) is 14.0. The number of imidazole rings is 2. The molecule has 2 unspecified atom stereocenters. The fraction of sp³-hybridized carbons (Fsp3) is 0.472. The van der Waals surface area contributed by atoms with Crippen LogP contribution in [0.1, 0.15) is 73.7 Å². The second-order valence-corrected chi connectivity index (χ2v) is 15.2. The lowest BCUT2D eigenvalue weighted by Crippen LogP contribution is -2.27. The third-order valence-corrected chi connectivity index (χ3v) is 10.5. The van der Waals surface area contributed by atoms with Gasteiger partial charge in [0.2, 0.25) is 0 Å². The number of hydrogen-bond donors (Lipinski definition) is 2. The molecule has 0 radical (unpaired) electrons. The van der Waals surface area contributed by atoms with Crippen molar-refractivity contribution in [3.05, 3.63) is 67.9 Å². The quantitative estimate of drug-likeness (QED) is 0.106. The zero-order valence-electron chi connectivity index (χ0n) is 28.0. The fourth-order valence-corrected chi connectivity index (χ4v) is 7.37. The molecular formula is C36H41Cl2IN8O3. The Morgan fingerprint density at radius 3 is 2.02 bits per heavy atom. The van der Waals surface area contributed by atoms with Gasteiger partial charge in [0.15, 0.2) is 27.4 Å². The molecule has 8 rings (SSSR count). The molecule has 1 aliphatic carbocycles. The number of benzene rings is 1. The molecule has 11 nitrogen and oxygen atoms in total. The Bertz CT molecular complexity index is 1970. The van der Waals surface area contributed by atoms with Crippen molar-refractivity contribution >= 4 is 74.2 Å². The van der Waals surface area contributed by atoms with Gasteiger partial charge in [-0.3, -0.25) is 4.79 Å². The SMILES string of the molecule is Cc1cc(-c2cnc3c(NCC4CCCCO4)cc(Cl)nn23)ccc1C(=O)CC1CC1.Clc1cc(NCC2CCCCO2)c2ncc(I)n2n1. The number of fused-ring (bicyclic) bond motifs is 2. The lowest BCUT2D eigenvalue weighted by Gasteiger charge is -2.23. The molecule has 6 heterocycles. The zero-order valence-corrected chi connectivity index (χ0v) is 31.7. The minimum atomic E-state index is 0.207. The number of nitrogens with zero attached hydrogens (tertiary/aromatic N) is 6. The first-order chi connectivity index (χ1) is 24.3. The monoisotopic (exact) mass is 830 g/mol. The van der Waals surface area contributed by atoms with Gasteiger partial charge in [-0.2, -0.15) is 10.2 Å². The number of ether oxygens (including phenoxy) is 2. The summed E-state index contributed by atoms with van der Waals surface area (Å²) in [6, 6.07) is 9.56. The van der Waals surface area contributed by atoms with Crippen LogP contribution in [0, 0.1) is 16.5 Å². The van der Waals surface area contributed by atoms with Crippen LogP contribution >= 0.6 is 45.8 Å². The van der Waals surface area contributed by atoms with Gasteiger partial charge in [0.05, 0.1) is 41.7 Å². The van der Waals surface area contributed by atoms with Crippen molar-refractivity contribution in [1.29, 1.82) is 0 Å². The zero-order chi connectivity index (χ0) is 34.6. The van der Waals surface area contributed by atoms with Crippen molar-refractivity contribution in [3.63, 3.8) is 0 Å². The van der Waals surface area contributed by atoms with E-state index >= 15 is 0 Å². The fourth-order valence-electron chi connectivity index (χ4n) is 6.52. The second kappa shape index (κ2) is 16.1. The predicted octanol–water partition coefficient (Wildman–Crippen LogP) is 8.29. The molecule has 0 spiro atoms. The van der Waals surface area contributed by atoms with Crippen molar-refractivity contribution in [2.75, 3.05) is 36.9 Å². The molecule has 3 fully saturated rings. The van der Waals surface area contributed by atoms with Crippen LogP contribution in [0.4, 0.5) is 11.4 Å². The highest BCUT2D eigenvalue weighted by Gasteiger charge is 2.26. The van der Waals surface area contributed by atoms with Crippen molar-refractivity contribution in [3.8, 4) is 11.3 Å². The maximum absolute atomic E-state index is 12.6. The minimum Gasteiger partial charge on any atom is -0.379 e. The third kappa shape index (κ3) is 8.52. The van der Waals surface area contributed by atoms with Gasteiger partial charge in [-0.25, -0.2) is 19.0 Å². The third-order valence-electron chi connectivity index (χ3n) is 9.42. The standard InChI is InChI=1S/C24H27ClN4O2.C12H14ClIN4O/c1-15-10-17(7-8-19(15)22(30)11-16-5-6-16)21-14-27-24-20(12-23(25)28-29(21)24)26-13-18-4-2-3-9-31-18;13-10-5-9(12-16-7-11(14)18(12)17-10)15-6-8-3-1-2-4-19-8/h7-8,10,12,14,16,18,26H,2-6,9,11,13H2,1H3;5,7-8,15H,1-4,6H2. The van der Waals surface area contributed by atoms with E-state index in [-0.39, 0.29) is 18.0 Å². The molecule has 2 N–H and O–H groups in total. The molecule has 2 aliphatic heterocycles. The van der Waals surface area contributed by atoms with E-state index in [1.807, 2.05) is 31.2 Å². The topological polar surface area (TPSA) is 120 Å². The molecule has 4 aromatic heterocycles. The van der Waals surface area contributed by atoms with Crippen molar-refractivity contribution in [1.82, 2.24) is 29.2 Å². The summed E-state index contributed by atoms with van der Waals surface area (Å²) >= 11 is 14.6. The first-order valence-electron chi connectivity index (χ1n) is 17.4. The molecule has 0 amide bonds. The Morgan fingerprint density at radius 1 is 0.840 bits per heavy atom. The van der Waals surface area contributed by atoms with E-state index in [1.165, 1.54) is 32.1 Å².